The van der Waals surface area contributed by atoms with Gasteiger partial charge in [0.05, 0.1) is 12.6 Å². The molecule has 5 rings (SSSR count). The zero-order chi connectivity index (χ0) is 23.3. The van der Waals surface area contributed by atoms with E-state index in [1.165, 1.54) is 5.69 Å². The van der Waals surface area contributed by atoms with Crippen molar-refractivity contribution in [3.8, 4) is 17.1 Å². The highest BCUT2D eigenvalue weighted by atomic mass is 35.5. The minimum Gasteiger partial charge on any atom is -0.497 e. The normalized spacial score (nSPS) is 14.4. The summed E-state index contributed by atoms with van der Waals surface area (Å²) in [7, 11) is 1.70. The molecule has 174 valence electrons. The lowest BCUT2D eigenvalue weighted by Crippen LogP contribution is -2.47. The Morgan fingerprint density at radius 1 is 0.882 bits per heavy atom. The van der Waals surface area contributed by atoms with Crippen LogP contribution < -0.4 is 15.0 Å². The predicted octanol–water partition coefficient (Wildman–Crippen LogP) is 5.19. The second kappa shape index (κ2) is 10.3. The highest BCUT2D eigenvalue weighted by molar-refractivity contribution is 6.30. The third-order valence-electron chi connectivity index (χ3n) is 6.24. The van der Waals surface area contributed by atoms with E-state index in [4.69, 9.17) is 26.3 Å². The first-order valence-corrected chi connectivity index (χ1v) is 12.0. The maximum Gasteiger partial charge on any atom is 0.162 e. The summed E-state index contributed by atoms with van der Waals surface area (Å²) in [6, 6.07) is 24.1. The van der Waals surface area contributed by atoms with Gasteiger partial charge in [-0.1, -0.05) is 23.7 Å². The lowest BCUT2D eigenvalue weighted by molar-refractivity contribution is 0.267. The molecule has 0 spiro atoms. The number of para-hydroxylation sites is 1. The van der Waals surface area contributed by atoms with Crippen molar-refractivity contribution >= 4 is 34.0 Å². The number of aromatic nitrogens is 2. The van der Waals surface area contributed by atoms with E-state index in [1.807, 2.05) is 54.6 Å². The van der Waals surface area contributed by atoms with Gasteiger partial charge in [0.15, 0.2) is 5.82 Å². The van der Waals surface area contributed by atoms with Crippen LogP contribution in [0.5, 0.6) is 5.75 Å². The smallest absolute Gasteiger partial charge is 0.162 e. The summed E-state index contributed by atoms with van der Waals surface area (Å²) in [4.78, 5) is 14.5. The first-order valence-electron chi connectivity index (χ1n) is 11.6. The number of anilines is 2. The van der Waals surface area contributed by atoms with Crippen LogP contribution in [0.15, 0.2) is 72.8 Å². The molecule has 0 bridgehead atoms. The second-order valence-electron chi connectivity index (χ2n) is 8.37. The molecule has 3 aromatic carbocycles. The molecule has 0 aliphatic carbocycles. The van der Waals surface area contributed by atoms with Gasteiger partial charge >= 0.3 is 0 Å². The van der Waals surface area contributed by atoms with Crippen LogP contribution in [0.4, 0.5) is 11.5 Å². The fraction of sp³-hybridized carbons (Fsp3) is 0.259. The molecule has 1 aromatic heterocycles. The first kappa shape index (κ1) is 22.4. The zero-order valence-electron chi connectivity index (χ0n) is 19.2. The van der Waals surface area contributed by atoms with E-state index in [2.05, 4.69) is 33.3 Å². The lowest BCUT2D eigenvalue weighted by atomic mass is 10.2. The minimum absolute atomic E-state index is 0.700. The molecular weight excluding hydrogens is 446 g/mol. The van der Waals surface area contributed by atoms with Crippen LogP contribution in [0.2, 0.25) is 5.02 Å². The van der Waals surface area contributed by atoms with Crippen LogP contribution >= 0.6 is 11.6 Å². The van der Waals surface area contributed by atoms with E-state index in [-0.39, 0.29) is 0 Å². The van der Waals surface area contributed by atoms with Crippen LogP contribution in [0.3, 0.4) is 0 Å². The van der Waals surface area contributed by atoms with Gasteiger partial charge in [-0.15, -0.1) is 0 Å². The number of fused-ring (bicyclic) bond motifs is 1. The predicted molar refractivity (Wildman–Crippen MR) is 140 cm³/mol. The highest BCUT2D eigenvalue weighted by Gasteiger charge is 2.17. The van der Waals surface area contributed by atoms with E-state index in [0.717, 1.165) is 67.3 Å². The molecule has 0 atom stereocenters. The van der Waals surface area contributed by atoms with Gasteiger partial charge in [-0.25, -0.2) is 9.97 Å². The summed E-state index contributed by atoms with van der Waals surface area (Å²) in [5.74, 6) is 2.46. The van der Waals surface area contributed by atoms with Gasteiger partial charge < -0.3 is 15.0 Å². The van der Waals surface area contributed by atoms with Gasteiger partial charge in [0.25, 0.3) is 0 Å². The molecule has 6 nitrogen and oxygen atoms in total. The highest BCUT2D eigenvalue weighted by Crippen LogP contribution is 2.26. The Kier molecular flexibility index (Phi) is 6.79. The number of benzene rings is 3. The zero-order valence-corrected chi connectivity index (χ0v) is 20.0. The number of methoxy groups -OCH3 is 1. The Balaban J connectivity index is 1.22. The monoisotopic (exact) mass is 473 g/mol. The van der Waals surface area contributed by atoms with Gasteiger partial charge in [-0.05, 0) is 60.7 Å². The van der Waals surface area contributed by atoms with Gasteiger partial charge in [-0.2, -0.15) is 0 Å². The lowest BCUT2D eigenvalue weighted by Gasteiger charge is -2.36. The number of nitrogens with zero attached hydrogens (tertiary/aromatic N) is 4. The van der Waals surface area contributed by atoms with E-state index in [1.54, 1.807) is 7.11 Å². The Morgan fingerprint density at radius 2 is 1.62 bits per heavy atom. The number of piperazine rings is 1. The molecule has 0 saturated carbocycles. The number of hydrogen-bond donors (Lipinski definition) is 1. The summed E-state index contributed by atoms with van der Waals surface area (Å²) in [5, 5.41) is 5.30. The Hall–Kier alpha value is -3.35. The minimum atomic E-state index is 0.700. The number of rotatable bonds is 7. The number of hydrogen-bond acceptors (Lipinski definition) is 6. The van der Waals surface area contributed by atoms with Gasteiger partial charge in [0.1, 0.15) is 11.6 Å². The number of halogens is 1. The Bertz CT molecular complexity index is 1240. The maximum atomic E-state index is 6.06. The Morgan fingerprint density at radius 3 is 2.35 bits per heavy atom. The molecule has 1 fully saturated rings. The van der Waals surface area contributed by atoms with Crippen LogP contribution in [0.25, 0.3) is 22.3 Å². The average Bonchev–Trinajstić information content (AvgIpc) is 2.89. The molecule has 1 saturated heterocycles. The van der Waals surface area contributed by atoms with Crippen molar-refractivity contribution in [2.75, 3.05) is 56.6 Å². The molecule has 2 heterocycles. The number of ether oxygens (including phenoxy) is 1. The van der Waals surface area contributed by atoms with Crippen molar-refractivity contribution in [3.63, 3.8) is 0 Å². The molecular formula is C27H28ClN5O. The molecule has 34 heavy (non-hydrogen) atoms. The van der Waals surface area contributed by atoms with E-state index < -0.39 is 0 Å². The summed E-state index contributed by atoms with van der Waals surface area (Å²) in [5.41, 5.74) is 3.13. The van der Waals surface area contributed by atoms with E-state index in [0.29, 0.717) is 10.8 Å². The van der Waals surface area contributed by atoms with Crippen molar-refractivity contribution < 1.29 is 4.74 Å². The van der Waals surface area contributed by atoms with Gasteiger partial charge in [0, 0.05) is 60.9 Å². The summed E-state index contributed by atoms with van der Waals surface area (Å²) >= 11 is 6.06. The van der Waals surface area contributed by atoms with Crippen molar-refractivity contribution in [3.05, 3.63) is 77.8 Å². The topological polar surface area (TPSA) is 53.5 Å². The van der Waals surface area contributed by atoms with Crippen molar-refractivity contribution in [2.45, 2.75) is 0 Å². The third kappa shape index (κ3) is 5.08. The Labute approximate surface area is 205 Å². The fourth-order valence-electron chi connectivity index (χ4n) is 4.29. The van der Waals surface area contributed by atoms with Gasteiger partial charge in [0.2, 0.25) is 0 Å². The van der Waals surface area contributed by atoms with Gasteiger partial charge in [-0.3, -0.25) is 4.90 Å². The molecule has 0 amide bonds. The molecule has 0 unspecified atom stereocenters. The van der Waals surface area contributed by atoms with Crippen molar-refractivity contribution in [1.29, 1.82) is 0 Å². The van der Waals surface area contributed by atoms with E-state index in [9.17, 15) is 0 Å². The molecule has 0 radical (unpaired) electrons. The van der Waals surface area contributed by atoms with E-state index >= 15 is 0 Å². The van der Waals surface area contributed by atoms with Crippen LogP contribution in [-0.2, 0) is 0 Å². The third-order valence-corrected chi connectivity index (χ3v) is 6.49. The SMILES string of the molecule is COc1ccc(N2CCN(CCNc3nc(-c4ccc(Cl)cc4)nc4ccccc34)CC2)cc1. The van der Waals surface area contributed by atoms with Crippen LogP contribution in [-0.4, -0.2) is 61.2 Å². The first-order chi connectivity index (χ1) is 16.7. The second-order valence-corrected chi connectivity index (χ2v) is 8.81. The molecule has 7 heteroatoms. The molecule has 1 aliphatic rings. The molecule has 4 aromatic rings. The maximum absolute atomic E-state index is 6.06. The summed E-state index contributed by atoms with van der Waals surface area (Å²) in [6.45, 7) is 5.89. The fourth-order valence-corrected chi connectivity index (χ4v) is 4.42. The number of nitrogens with one attached hydrogen (secondary N) is 1. The molecule has 1 aliphatic heterocycles. The molecule has 1 N–H and O–H groups in total. The largest absolute Gasteiger partial charge is 0.497 e. The quantitative estimate of drug-likeness (QED) is 0.398. The standard InChI is InChI=1S/C27H28ClN5O/c1-34-23-12-10-22(11-13-23)33-18-16-32(17-19-33)15-14-29-27-24-4-2-3-5-25(24)30-26(31-27)20-6-8-21(28)9-7-20/h2-13H,14-19H2,1H3,(H,29,30,31). The summed E-state index contributed by atoms with van der Waals surface area (Å²) < 4.78 is 5.27. The average molecular weight is 474 g/mol. The van der Waals surface area contributed by atoms with Crippen molar-refractivity contribution in [1.82, 2.24) is 14.9 Å². The van der Waals surface area contributed by atoms with Crippen molar-refractivity contribution in [2.24, 2.45) is 0 Å². The van der Waals surface area contributed by atoms with Crippen LogP contribution in [0, 0.1) is 0 Å². The van der Waals surface area contributed by atoms with Crippen LogP contribution in [0.1, 0.15) is 0 Å². The summed E-state index contributed by atoms with van der Waals surface area (Å²) in [6.07, 6.45) is 0.